The van der Waals surface area contributed by atoms with Crippen molar-refractivity contribution in [2.24, 2.45) is 0 Å². The lowest BCUT2D eigenvalue weighted by Gasteiger charge is -2.25. The van der Waals surface area contributed by atoms with Crippen molar-refractivity contribution >= 4 is 11.8 Å². The third kappa shape index (κ3) is 4.24. The molecule has 0 atom stereocenters. The van der Waals surface area contributed by atoms with Crippen molar-refractivity contribution in [2.75, 3.05) is 26.2 Å². The maximum atomic E-state index is 13.2. The fraction of sp³-hybridized carbons (Fsp3) is 0.455. The molecule has 2 aromatic rings. The second kappa shape index (κ2) is 7.59. The van der Waals surface area contributed by atoms with E-state index < -0.39 is 0 Å². The molecule has 0 unspecified atom stereocenters. The number of carbonyl (C=O) groups excluding carboxylic acids is 2. The topological polar surface area (TPSA) is 56.4 Å². The van der Waals surface area contributed by atoms with Gasteiger partial charge in [0.25, 0.3) is 11.8 Å². The van der Waals surface area contributed by atoms with Crippen LogP contribution < -0.4 is 0 Å². The first kappa shape index (κ1) is 19.2. The molecule has 1 aliphatic rings. The number of amides is 2. The van der Waals surface area contributed by atoms with Crippen molar-refractivity contribution in [3.8, 4) is 0 Å². The van der Waals surface area contributed by atoms with Gasteiger partial charge in [0.2, 0.25) is 0 Å². The zero-order valence-electron chi connectivity index (χ0n) is 16.7. The molecule has 1 aromatic carbocycles. The summed E-state index contributed by atoms with van der Waals surface area (Å²) in [6, 6.07) is 7.96. The first-order valence-corrected chi connectivity index (χ1v) is 9.60. The van der Waals surface area contributed by atoms with Crippen molar-refractivity contribution in [3.63, 3.8) is 0 Å². The van der Waals surface area contributed by atoms with Crippen LogP contribution in [0.3, 0.4) is 0 Å². The Morgan fingerprint density at radius 1 is 0.963 bits per heavy atom. The third-order valence-electron chi connectivity index (χ3n) is 5.25. The lowest BCUT2D eigenvalue weighted by atomic mass is 9.85. The van der Waals surface area contributed by atoms with Gasteiger partial charge >= 0.3 is 0 Å². The summed E-state index contributed by atoms with van der Waals surface area (Å²) in [6.07, 6.45) is 4.27. The molecular weight excluding hydrogens is 338 g/mol. The Balaban J connectivity index is 1.74. The summed E-state index contributed by atoms with van der Waals surface area (Å²) in [5.74, 6) is 0.0889. The van der Waals surface area contributed by atoms with Gasteiger partial charge in [-0.3, -0.25) is 9.59 Å². The summed E-state index contributed by atoms with van der Waals surface area (Å²) in [4.78, 5) is 32.4. The molecule has 1 aromatic heterocycles. The van der Waals surface area contributed by atoms with Gasteiger partial charge < -0.3 is 14.8 Å². The number of carbonyl (C=O) groups is 2. The highest BCUT2D eigenvalue weighted by atomic mass is 16.2. The van der Waals surface area contributed by atoms with Crippen LogP contribution in [0.2, 0.25) is 0 Å². The van der Waals surface area contributed by atoms with Crippen molar-refractivity contribution in [2.45, 2.75) is 39.5 Å². The molecule has 1 fully saturated rings. The molecule has 5 heteroatoms. The third-order valence-corrected chi connectivity index (χ3v) is 5.25. The SMILES string of the molecule is Cc1ccc(C(C)(C)C)cc1C(=O)N1CCCN(C(=O)c2cc[nH]c2)CC1. The minimum Gasteiger partial charge on any atom is -0.367 e. The minimum atomic E-state index is 0.00128. The predicted molar refractivity (Wildman–Crippen MR) is 107 cm³/mol. The van der Waals surface area contributed by atoms with E-state index in [1.54, 1.807) is 18.5 Å². The molecule has 0 spiro atoms. The molecule has 0 bridgehead atoms. The average Bonchev–Trinajstić information content (AvgIpc) is 3.04. The number of nitrogens with zero attached hydrogens (tertiary/aromatic N) is 2. The van der Waals surface area contributed by atoms with Gasteiger partial charge in [0.1, 0.15) is 0 Å². The molecule has 27 heavy (non-hydrogen) atoms. The molecule has 2 heterocycles. The van der Waals surface area contributed by atoms with Gasteiger partial charge in [-0.2, -0.15) is 0 Å². The molecule has 1 saturated heterocycles. The van der Waals surface area contributed by atoms with Crippen LogP contribution >= 0.6 is 0 Å². The van der Waals surface area contributed by atoms with E-state index in [0.717, 1.165) is 23.1 Å². The van der Waals surface area contributed by atoms with Crippen molar-refractivity contribution in [3.05, 3.63) is 58.9 Å². The van der Waals surface area contributed by atoms with Gasteiger partial charge in [-0.15, -0.1) is 0 Å². The van der Waals surface area contributed by atoms with Crippen LogP contribution in [0.1, 0.15) is 59.0 Å². The fourth-order valence-corrected chi connectivity index (χ4v) is 3.45. The zero-order valence-corrected chi connectivity index (χ0v) is 16.7. The molecule has 1 aliphatic heterocycles. The van der Waals surface area contributed by atoms with Crippen LogP contribution in [-0.2, 0) is 5.41 Å². The van der Waals surface area contributed by atoms with Crippen LogP contribution in [0.5, 0.6) is 0 Å². The molecule has 3 rings (SSSR count). The smallest absolute Gasteiger partial charge is 0.255 e. The standard InChI is InChI=1S/C22H29N3O2/c1-16-6-7-18(22(2,3)4)14-19(16)21(27)25-11-5-10-24(12-13-25)20(26)17-8-9-23-15-17/h6-9,14-15,23H,5,10-13H2,1-4H3. The fourth-order valence-electron chi connectivity index (χ4n) is 3.45. The van der Waals surface area contributed by atoms with E-state index in [0.29, 0.717) is 31.7 Å². The Morgan fingerprint density at radius 2 is 1.63 bits per heavy atom. The predicted octanol–water partition coefficient (Wildman–Crippen LogP) is 3.61. The number of aromatic amines is 1. The Bertz CT molecular complexity index is 819. The van der Waals surface area contributed by atoms with Crippen LogP contribution in [0.25, 0.3) is 0 Å². The molecule has 0 saturated carbocycles. The van der Waals surface area contributed by atoms with Gasteiger partial charge in [-0.05, 0) is 42.0 Å². The second-order valence-corrected chi connectivity index (χ2v) is 8.32. The molecule has 1 N–H and O–H groups in total. The summed E-state index contributed by atoms with van der Waals surface area (Å²) in [7, 11) is 0. The monoisotopic (exact) mass is 367 g/mol. The van der Waals surface area contributed by atoms with E-state index in [2.05, 4.69) is 31.8 Å². The Morgan fingerprint density at radius 3 is 2.22 bits per heavy atom. The molecule has 0 radical (unpaired) electrons. The number of H-pyrrole nitrogens is 1. The number of hydrogen-bond acceptors (Lipinski definition) is 2. The van der Waals surface area contributed by atoms with Crippen LogP contribution in [0.15, 0.2) is 36.7 Å². The van der Waals surface area contributed by atoms with Gasteiger partial charge in [0, 0.05) is 44.1 Å². The summed E-state index contributed by atoms with van der Waals surface area (Å²) in [5.41, 5.74) is 3.60. The number of nitrogens with one attached hydrogen (secondary N) is 1. The maximum absolute atomic E-state index is 13.2. The zero-order chi connectivity index (χ0) is 19.6. The largest absolute Gasteiger partial charge is 0.367 e. The summed E-state index contributed by atoms with van der Waals surface area (Å²) >= 11 is 0. The summed E-state index contributed by atoms with van der Waals surface area (Å²) in [5, 5.41) is 0. The first-order valence-electron chi connectivity index (χ1n) is 9.60. The van der Waals surface area contributed by atoms with E-state index in [9.17, 15) is 9.59 Å². The Labute approximate surface area is 161 Å². The van der Waals surface area contributed by atoms with Crippen LogP contribution in [0.4, 0.5) is 0 Å². The normalized spacial score (nSPS) is 15.6. The number of benzene rings is 1. The number of aryl methyl sites for hydroxylation is 1. The Kier molecular flexibility index (Phi) is 5.40. The van der Waals surface area contributed by atoms with Crippen LogP contribution in [-0.4, -0.2) is 52.8 Å². The number of hydrogen-bond donors (Lipinski definition) is 1. The maximum Gasteiger partial charge on any atom is 0.255 e. The van der Waals surface area contributed by atoms with E-state index in [1.165, 1.54) is 0 Å². The highest BCUT2D eigenvalue weighted by Crippen LogP contribution is 2.25. The molecule has 5 nitrogen and oxygen atoms in total. The van der Waals surface area contributed by atoms with Crippen molar-refractivity contribution in [1.82, 2.24) is 14.8 Å². The van der Waals surface area contributed by atoms with Gasteiger partial charge in [-0.1, -0.05) is 32.9 Å². The van der Waals surface area contributed by atoms with E-state index >= 15 is 0 Å². The molecule has 0 aliphatic carbocycles. The highest BCUT2D eigenvalue weighted by molar-refractivity contribution is 5.96. The first-order chi connectivity index (χ1) is 12.8. The van der Waals surface area contributed by atoms with Crippen LogP contribution in [0, 0.1) is 6.92 Å². The summed E-state index contributed by atoms with van der Waals surface area (Å²) < 4.78 is 0. The van der Waals surface area contributed by atoms with Crippen molar-refractivity contribution < 1.29 is 9.59 Å². The quantitative estimate of drug-likeness (QED) is 0.881. The van der Waals surface area contributed by atoms with E-state index in [4.69, 9.17) is 0 Å². The number of aromatic nitrogens is 1. The number of rotatable bonds is 2. The molecular formula is C22H29N3O2. The minimum absolute atomic E-state index is 0.00128. The Hall–Kier alpha value is -2.56. The lowest BCUT2D eigenvalue weighted by Crippen LogP contribution is -2.37. The van der Waals surface area contributed by atoms with Gasteiger partial charge in [-0.25, -0.2) is 0 Å². The molecule has 2 amide bonds. The average molecular weight is 367 g/mol. The second-order valence-electron chi connectivity index (χ2n) is 8.32. The van der Waals surface area contributed by atoms with Crippen molar-refractivity contribution in [1.29, 1.82) is 0 Å². The van der Waals surface area contributed by atoms with Gasteiger partial charge in [0.05, 0.1) is 5.56 Å². The van der Waals surface area contributed by atoms with E-state index in [1.807, 2.05) is 28.9 Å². The molecule has 144 valence electrons. The van der Waals surface area contributed by atoms with Gasteiger partial charge in [0.15, 0.2) is 0 Å². The van der Waals surface area contributed by atoms with E-state index in [-0.39, 0.29) is 17.2 Å². The highest BCUT2D eigenvalue weighted by Gasteiger charge is 2.25. The lowest BCUT2D eigenvalue weighted by molar-refractivity contribution is 0.0718. The summed E-state index contributed by atoms with van der Waals surface area (Å²) in [6.45, 7) is 10.9.